The molecule has 0 aromatic heterocycles. The SMILES string of the molecule is CCCCC(N)C(=O)NC1CCC(C)CC1. The average molecular weight is 226 g/mol. The number of nitrogens with two attached hydrogens (primary N) is 1. The highest BCUT2D eigenvalue weighted by molar-refractivity contribution is 5.81. The summed E-state index contributed by atoms with van der Waals surface area (Å²) in [5.74, 6) is 0.870. The van der Waals surface area contributed by atoms with Gasteiger partial charge in [0.05, 0.1) is 6.04 Å². The minimum Gasteiger partial charge on any atom is -0.352 e. The maximum atomic E-state index is 11.8. The highest BCUT2D eigenvalue weighted by Crippen LogP contribution is 2.23. The Balaban J connectivity index is 2.22. The number of nitrogens with one attached hydrogen (secondary N) is 1. The number of hydrogen-bond acceptors (Lipinski definition) is 2. The molecule has 1 saturated carbocycles. The summed E-state index contributed by atoms with van der Waals surface area (Å²) in [5, 5.41) is 3.08. The van der Waals surface area contributed by atoms with E-state index in [4.69, 9.17) is 5.73 Å². The lowest BCUT2D eigenvalue weighted by atomic mass is 9.87. The molecule has 16 heavy (non-hydrogen) atoms. The monoisotopic (exact) mass is 226 g/mol. The van der Waals surface area contributed by atoms with Gasteiger partial charge in [0, 0.05) is 6.04 Å². The van der Waals surface area contributed by atoms with E-state index in [9.17, 15) is 4.79 Å². The van der Waals surface area contributed by atoms with Gasteiger partial charge in [-0.25, -0.2) is 0 Å². The molecule has 0 radical (unpaired) electrons. The first-order chi connectivity index (χ1) is 7.63. The van der Waals surface area contributed by atoms with E-state index in [1.807, 2.05) is 0 Å². The molecule has 1 atom stereocenters. The zero-order valence-electron chi connectivity index (χ0n) is 10.7. The van der Waals surface area contributed by atoms with Crippen LogP contribution in [0.15, 0.2) is 0 Å². The van der Waals surface area contributed by atoms with Crippen LogP contribution in [-0.4, -0.2) is 18.0 Å². The van der Waals surface area contributed by atoms with Crippen LogP contribution in [0.25, 0.3) is 0 Å². The fourth-order valence-corrected chi connectivity index (χ4v) is 2.27. The Hall–Kier alpha value is -0.570. The summed E-state index contributed by atoms with van der Waals surface area (Å²) in [6.45, 7) is 4.40. The van der Waals surface area contributed by atoms with Crippen LogP contribution < -0.4 is 11.1 Å². The van der Waals surface area contributed by atoms with Crippen molar-refractivity contribution in [2.24, 2.45) is 11.7 Å². The van der Waals surface area contributed by atoms with Gasteiger partial charge in [-0.1, -0.05) is 26.7 Å². The van der Waals surface area contributed by atoms with Gasteiger partial charge in [0.15, 0.2) is 0 Å². The molecule has 0 aromatic carbocycles. The van der Waals surface area contributed by atoms with Crippen molar-refractivity contribution in [1.82, 2.24) is 5.32 Å². The lowest BCUT2D eigenvalue weighted by molar-refractivity contribution is -0.123. The highest BCUT2D eigenvalue weighted by Gasteiger charge is 2.21. The minimum atomic E-state index is -0.306. The molecule has 3 N–H and O–H groups in total. The van der Waals surface area contributed by atoms with Crippen LogP contribution in [0.2, 0.25) is 0 Å². The summed E-state index contributed by atoms with van der Waals surface area (Å²) >= 11 is 0. The molecule has 0 aromatic rings. The van der Waals surface area contributed by atoms with Crippen LogP contribution in [0.5, 0.6) is 0 Å². The van der Waals surface area contributed by atoms with Crippen molar-refractivity contribution in [1.29, 1.82) is 0 Å². The Morgan fingerprint density at radius 2 is 2.00 bits per heavy atom. The van der Waals surface area contributed by atoms with Crippen molar-refractivity contribution in [2.45, 2.75) is 70.9 Å². The van der Waals surface area contributed by atoms with Gasteiger partial charge < -0.3 is 11.1 Å². The van der Waals surface area contributed by atoms with Gasteiger partial charge in [-0.05, 0) is 38.0 Å². The van der Waals surface area contributed by atoms with Crippen molar-refractivity contribution >= 4 is 5.91 Å². The number of carbonyl (C=O) groups excluding carboxylic acids is 1. The number of carbonyl (C=O) groups is 1. The van der Waals surface area contributed by atoms with Gasteiger partial charge in [-0.15, -0.1) is 0 Å². The maximum absolute atomic E-state index is 11.8. The summed E-state index contributed by atoms with van der Waals surface area (Å²) in [5.41, 5.74) is 5.84. The minimum absolute atomic E-state index is 0.0491. The van der Waals surface area contributed by atoms with Gasteiger partial charge in [0.2, 0.25) is 5.91 Å². The van der Waals surface area contributed by atoms with Gasteiger partial charge in [-0.3, -0.25) is 4.79 Å². The molecule has 0 spiro atoms. The summed E-state index contributed by atoms with van der Waals surface area (Å²) in [6, 6.07) is 0.0654. The second-order valence-electron chi connectivity index (χ2n) is 5.21. The van der Waals surface area contributed by atoms with E-state index in [2.05, 4.69) is 19.2 Å². The molecule has 0 heterocycles. The maximum Gasteiger partial charge on any atom is 0.237 e. The molecule has 1 rings (SSSR count). The molecule has 0 saturated heterocycles. The third-order valence-corrected chi connectivity index (χ3v) is 3.57. The van der Waals surface area contributed by atoms with Crippen LogP contribution in [0.4, 0.5) is 0 Å². The van der Waals surface area contributed by atoms with Crippen molar-refractivity contribution in [3.63, 3.8) is 0 Å². The molecule has 1 aliphatic rings. The van der Waals surface area contributed by atoms with Crippen LogP contribution in [0, 0.1) is 5.92 Å². The summed E-state index contributed by atoms with van der Waals surface area (Å²) < 4.78 is 0. The zero-order chi connectivity index (χ0) is 12.0. The molecule has 1 fully saturated rings. The third kappa shape index (κ3) is 4.52. The van der Waals surface area contributed by atoms with E-state index in [0.29, 0.717) is 6.04 Å². The highest BCUT2D eigenvalue weighted by atomic mass is 16.2. The number of unbranched alkanes of at least 4 members (excludes halogenated alkanes) is 1. The molecular weight excluding hydrogens is 200 g/mol. The Kier molecular flexibility index (Phi) is 5.81. The van der Waals surface area contributed by atoms with Crippen LogP contribution in [0.3, 0.4) is 0 Å². The van der Waals surface area contributed by atoms with E-state index in [-0.39, 0.29) is 11.9 Å². The molecule has 0 bridgehead atoms. The topological polar surface area (TPSA) is 55.1 Å². The van der Waals surface area contributed by atoms with Gasteiger partial charge >= 0.3 is 0 Å². The molecule has 1 aliphatic carbocycles. The predicted molar refractivity (Wildman–Crippen MR) is 67.1 cm³/mol. The van der Waals surface area contributed by atoms with Gasteiger partial charge in [-0.2, -0.15) is 0 Å². The van der Waals surface area contributed by atoms with E-state index in [1.54, 1.807) is 0 Å². The number of hydrogen-bond donors (Lipinski definition) is 2. The largest absolute Gasteiger partial charge is 0.352 e. The zero-order valence-corrected chi connectivity index (χ0v) is 10.7. The molecule has 94 valence electrons. The van der Waals surface area contributed by atoms with E-state index in [1.165, 1.54) is 12.8 Å². The Morgan fingerprint density at radius 3 is 2.56 bits per heavy atom. The van der Waals surface area contributed by atoms with Gasteiger partial charge in [0.1, 0.15) is 0 Å². The van der Waals surface area contributed by atoms with Crippen LogP contribution in [-0.2, 0) is 4.79 Å². The molecule has 1 unspecified atom stereocenters. The second kappa shape index (κ2) is 6.89. The Morgan fingerprint density at radius 1 is 1.38 bits per heavy atom. The van der Waals surface area contributed by atoms with Crippen molar-refractivity contribution in [3.8, 4) is 0 Å². The quantitative estimate of drug-likeness (QED) is 0.755. The number of amides is 1. The smallest absolute Gasteiger partial charge is 0.237 e. The average Bonchev–Trinajstić information content (AvgIpc) is 2.29. The number of rotatable bonds is 5. The molecule has 1 amide bonds. The van der Waals surface area contributed by atoms with Crippen molar-refractivity contribution in [2.75, 3.05) is 0 Å². The standard InChI is InChI=1S/C13H26N2O/c1-3-4-5-12(14)13(16)15-11-8-6-10(2)7-9-11/h10-12H,3-9,14H2,1-2H3,(H,15,16). The lowest BCUT2D eigenvalue weighted by Gasteiger charge is -2.27. The van der Waals surface area contributed by atoms with Crippen LogP contribution in [0.1, 0.15) is 58.8 Å². The Bertz CT molecular complexity index is 210. The summed E-state index contributed by atoms with van der Waals surface area (Å²) in [4.78, 5) is 11.8. The first-order valence-electron chi connectivity index (χ1n) is 6.69. The molecular formula is C13H26N2O. The Labute approximate surface area is 99.2 Å². The van der Waals surface area contributed by atoms with E-state index in [0.717, 1.165) is 38.0 Å². The second-order valence-corrected chi connectivity index (χ2v) is 5.21. The fraction of sp³-hybridized carbons (Fsp3) is 0.923. The fourth-order valence-electron chi connectivity index (χ4n) is 2.27. The normalized spacial score (nSPS) is 27.4. The molecule has 0 aliphatic heterocycles. The summed E-state index contributed by atoms with van der Waals surface area (Å²) in [7, 11) is 0. The third-order valence-electron chi connectivity index (χ3n) is 3.57. The predicted octanol–water partition coefficient (Wildman–Crippen LogP) is 2.20. The molecule has 3 heteroatoms. The first kappa shape index (κ1) is 13.5. The van der Waals surface area contributed by atoms with Crippen molar-refractivity contribution in [3.05, 3.63) is 0 Å². The first-order valence-corrected chi connectivity index (χ1v) is 6.69. The van der Waals surface area contributed by atoms with Crippen molar-refractivity contribution < 1.29 is 4.79 Å². The van der Waals surface area contributed by atoms with E-state index < -0.39 is 0 Å². The van der Waals surface area contributed by atoms with Gasteiger partial charge in [0.25, 0.3) is 0 Å². The van der Waals surface area contributed by atoms with E-state index >= 15 is 0 Å². The van der Waals surface area contributed by atoms with Crippen LogP contribution >= 0.6 is 0 Å². The molecule has 3 nitrogen and oxygen atoms in total. The summed E-state index contributed by atoms with van der Waals surface area (Å²) in [6.07, 6.45) is 7.65. The lowest BCUT2D eigenvalue weighted by Crippen LogP contribution is -2.46.